The first-order valence-electron chi connectivity index (χ1n) is 8.72. The smallest absolute Gasteiger partial charge is 0.234 e. The van der Waals surface area contributed by atoms with E-state index in [9.17, 15) is 4.79 Å². The second-order valence-electron chi connectivity index (χ2n) is 6.19. The van der Waals surface area contributed by atoms with Gasteiger partial charge in [-0.1, -0.05) is 11.8 Å². The maximum Gasteiger partial charge on any atom is 0.234 e. The molecular formula is C19H22N6O3S. The first-order valence-corrected chi connectivity index (χ1v) is 9.71. The summed E-state index contributed by atoms with van der Waals surface area (Å²) in [6.45, 7) is 0. The second-order valence-corrected chi connectivity index (χ2v) is 7.13. The van der Waals surface area contributed by atoms with E-state index in [-0.39, 0.29) is 11.7 Å². The SMILES string of the molecule is COc1ccc(-n2nnnc2SCC(=O)Nc2ccc(N(C)C)cc2)cc1OC. The number of thioether (sulfide) groups is 1. The Bertz CT molecular complexity index is 974. The average molecular weight is 414 g/mol. The fourth-order valence-electron chi connectivity index (χ4n) is 2.56. The zero-order valence-corrected chi connectivity index (χ0v) is 17.4. The molecule has 1 heterocycles. The van der Waals surface area contributed by atoms with Gasteiger partial charge >= 0.3 is 0 Å². The van der Waals surface area contributed by atoms with E-state index in [1.807, 2.05) is 49.3 Å². The van der Waals surface area contributed by atoms with Gasteiger partial charge in [0.05, 0.1) is 25.7 Å². The van der Waals surface area contributed by atoms with Crippen molar-refractivity contribution in [2.45, 2.75) is 5.16 Å². The quantitative estimate of drug-likeness (QED) is 0.562. The number of amides is 1. The van der Waals surface area contributed by atoms with Crippen molar-refractivity contribution in [1.29, 1.82) is 0 Å². The number of aromatic nitrogens is 4. The van der Waals surface area contributed by atoms with Crippen LogP contribution in [0, 0.1) is 0 Å². The molecule has 1 aromatic heterocycles. The lowest BCUT2D eigenvalue weighted by molar-refractivity contribution is -0.113. The van der Waals surface area contributed by atoms with Gasteiger partial charge in [-0.15, -0.1) is 5.10 Å². The Labute approximate surface area is 173 Å². The molecule has 0 aliphatic heterocycles. The van der Waals surface area contributed by atoms with Crippen LogP contribution in [0.25, 0.3) is 5.69 Å². The number of hydrogen-bond acceptors (Lipinski definition) is 8. The van der Waals surface area contributed by atoms with Crippen molar-refractivity contribution >= 4 is 29.0 Å². The molecule has 0 atom stereocenters. The second kappa shape index (κ2) is 9.28. The van der Waals surface area contributed by atoms with Gasteiger partial charge in [-0.3, -0.25) is 4.79 Å². The summed E-state index contributed by atoms with van der Waals surface area (Å²) in [4.78, 5) is 14.3. The highest BCUT2D eigenvalue weighted by atomic mass is 32.2. The van der Waals surface area contributed by atoms with Crippen LogP contribution in [-0.4, -0.2) is 60.2 Å². The first kappa shape index (κ1) is 20.5. The highest BCUT2D eigenvalue weighted by Crippen LogP contribution is 2.30. The normalized spacial score (nSPS) is 10.5. The number of carbonyl (C=O) groups is 1. The molecular weight excluding hydrogens is 392 g/mol. The van der Waals surface area contributed by atoms with Crippen molar-refractivity contribution in [3.05, 3.63) is 42.5 Å². The molecule has 0 saturated carbocycles. The molecule has 0 saturated heterocycles. The number of ether oxygens (including phenoxy) is 2. The number of methoxy groups -OCH3 is 2. The summed E-state index contributed by atoms with van der Waals surface area (Å²) in [5.74, 6) is 1.20. The van der Waals surface area contributed by atoms with E-state index in [2.05, 4.69) is 20.8 Å². The maximum atomic E-state index is 12.3. The zero-order valence-electron chi connectivity index (χ0n) is 16.6. The Morgan fingerprint density at radius 3 is 2.48 bits per heavy atom. The van der Waals surface area contributed by atoms with E-state index in [0.717, 1.165) is 11.4 Å². The molecule has 0 aliphatic carbocycles. The monoisotopic (exact) mass is 414 g/mol. The van der Waals surface area contributed by atoms with Crippen LogP contribution in [0.1, 0.15) is 0 Å². The molecule has 0 spiro atoms. The highest BCUT2D eigenvalue weighted by Gasteiger charge is 2.14. The average Bonchev–Trinajstić information content (AvgIpc) is 3.20. The zero-order chi connectivity index (χ0) is 20.8. The number of anilines is 2. The molecule has 10 heteroatoms. The van der Waals surface area contributed by atoms with Crippen molar-refractivity contribution in [2.24, 2.45) is 0 Å². The third-order valence-electron chi connectivity index (χ3n) is 4.05. The molecule has 0 bridgehead atoms. The first-order chi connectivity index (χ1) is 14.0. The predicted octanol–water partition coefficient (Wildman–Crippen LogP) is 2.48. The van der Waals surface area contributed by atoms with Gasteiger partial charge in [-0.2, -0.15) is 4.68 Å². The Hall–Kier alpha value is -3.27. The van der Waals surface area contributed by atoms with Crippen LogP contribution in [0.5, 0.6) is 11.5 Å². The highest BCUT2D eigenvalue weighted by molar-refractivity contribution is 7.99. The third kappa shape index (κ3) is 4.96. The number of nitrogens with one attached hydrogen (secondary N) is 1. The van der Waals surface area contributed by atoms with E-state index in [1.54, 1.807) is 31.0 Å². The van der Waals surface area contributed by atoms with Gasteiger partial charge in [0.2, 0.25) is 11.1 Å². The molecule has 1 amide bonds. The Morgan fingerprint density at radius 1 is 1.10 bits per heavy atom. The Morgan fingerprint density at radius 2 is 1.83 bits per heavy atom. The molecule has 0 radical (unpaired) electrons. The lowest BCUT2D eigenvalue weighted by Crippen LogP contribution is -2.15. The number of nitrogens with zero attached hydrogens (tertiary/aromatic N) is 5. The van der Waals surface area contributed by atoms with Crippen LogP contribution in [0.3, 0.4) is 0 Å². The van der Waals surface area contributed by atoms with Gasteiger partial charge in [0.1, 0.15) is 0 Å². The lowest BCUT2D eigenvalue weighted by atomic mass is 10.2. The van der Waals surface area contributed by atoms with Gasteiger partial charge < -0.3 is 19.7 Å². The molecule has 9 nitrogen and oxygen atoms in total. The third-order valence-corrected chi connectivity index (χ3v) is 4.97. The molecule has 3 rings (SSSR count). The van der Waals surface area contributed by atoms with Gasteiger partial charge in [0, 0.05) is 31.5 Å². The topological polar surface area (TPSA) is 94.4 Å². The van der Waals surface area contributed by atoms with Crippen molar-refractivity contribution in [1.82, 2.24) is 20.2 Å². The van der Waals surface area contributed by atoms with Crippen LogP contribution in [0.4, 0.5) is 11.4 Å². The van der Waals surface area contributed by atoms with E-state index >= 15 is 0 Å². The summed E-state index contributed by atoms with van der Waals surface area (Å²) in [7, 11) is 7.06. The summed E-state index contributed by atoms with van der Waals surface area (Å²) in [6, 6.07) is 13.0. The number of rotatable bonds is 8. The molecule has 0 aliphatic rings. The summed E-state index contributed by atoms with van der Waals surface area (Å²) in [6.07, 6.45) is 0. The van der Waals surface area contributed by atoms with Crippen LogP contribution >= 0.6 is 11.8 Å². The minimum Gasteiger partial charge on any atom is -0.493 e. The fourth-order valence-corrected chi connectivity index (χ4v) is 3.25. The van der Waals surface area contributed by atoms with Gasteiger partial charge in [0.25, 0.3) is 0 Å². The summed E-state index contributed by atoms with van der Waals surface area (Å²) in [5.41, 5.74) is 2.50. The van der Waals surface area contributed by atoms with Crippen LogP contribution < -0.4 is 19.7 Å². The van der Waals surface area contributed by atoms with Crippen LogP contribution in [-0.2, 0) is 4.79 Å². The number of benzene rings is 2. The fraction of sp³-hybridized carbons (Fsp3) is 0.263. The standard InChI is InChI=1S/C19H22N6O3S/c1-24(2)14-7-5-13(6-8-14)20-18(26)12-29-19-21-22-23-25(19)15-9-10-16(27-3)17(11-15)28-4/h5-11H,12H2,1-4H3,(H,20,26). The van der Waals surface area contributed by atoms with E-state index in [0.29, 0.717) is 22.3 Å². The summed E-state index contributed by atoms with van der Waals surface area (Å²) in [5, 5.41) is 15.1. The number of carbonyl (C=O) groups excluding carboxylic acids is 1. The van der Waals surface area contributed by atoms with Crippen molar-refractivity contribution in [3.63, 3.8) is 0 Å². The molecule has 3 aromatic rings. The number of tetrazole rings is 1. The van der Waals surface area contributed by atoms with E-state index < -0.39 is 0 Å². The van der Waals surface area contributed by atoms with Gasteiger partial charge in [-0.05, 0) is 46.8 Å². The van der Waals surface area contributed by atoms with Gasteiger partial charge in [0.15, 0.2) is 11.5 Å². The van der Waals surface area contributed by atoms with Crippen molar-refractivity contribution in [3.8, 4) is 17.2 Å². The van der Waals surface area contributed by atoms with Crippen LogP contribution in [0.2, 0.25) is 0 Å². The summed E-state index contributed by atoms with van der Waals surface area (Å²) < 4.78 is 12.1. The van der Waals surface area contributed by atoms with Crippen molar-refractivity contribution < 1.29 is 14.3 Å². The molecule has 1 N–H and O–H groups in total. The van der Waals surface area contributed by atoms with Gasteiger partial charge in [-0.25, -0.2) is 0 Å². The summed E-state index contributed by atoms with van der Waals surface area (Å²) >= 11 is 1.24. The van der Waals surface area contributed by atoms with E-state index in [1.165, 1.54) is 11.8 Å². The maximum absolute atomic E-state index is 12.3. The largest absolute Gasteiger partial charge is 0.493 e. The minimum atomic E-state index is -0.144. The Balaban J connectivity index is 1.65. The van der Waals surface area contributed by atoms with Crippen molar-refractivity contribution in [2.75, 3.05) is 44.3 Å². The predicted molar refractivity (Wildman–Crippen MR) is 112 cm³/mol. The molecule has 0 fully saturated rings. The minimum absolute atomic E-state index is 0.144. The molecule has 0 unspecified atom stereocenters. The lowest BCUT2D eigenvalue weighted by Gasteiger charge is -2.13. The molecule has 29 heavy (non-hydrogen) atoms. The molecule has 152 valence electrons. The van der Waals surface area contributed by atoms with E-state index in [4.69, 9.17) is 9.47 Å². The number of hydrogen-bond donors (Lipinski definition) is 1. The van der Waals surface area contributed by atoms with Crippen LogP contribution in [0.15, 0.2) is 47.6 Å². The Kier molecular flexibility index (Phi) is 6.55. The molecule has 2 aromatic carbocycles.